The fourth-order valence-corrected chi connectivity index (χ4v) is 3.24. The molecule has 1 aromatic carbocycles. The van der Waals surface area contributed by atoms with Gasteiger partial charge in [-0.15, -0.1) is 0 Å². The van der Waals surface area contributed by atoms with E-state index < -0.39 is 0 Å². The summed E-state index contributed by atoms with van der Waals surface area (Å²) in [5, 5.41) is 7.59. The Morgan fingerprint density at radius 2 is 2.39 bits per heavy atom. The second-order valence-corrected chi connectivity index (χ2v) is 5.98. The maximum absolute atomic E-state index is 11.2. The van der Waals surface area contributed by atoms with Crippen molar-refractivity contribution in [3.05, 3.63) is 35.7 Å². The van der Waals surface area contributed by atoms with Crippen LogP contribution in [-0.2, 0) is 11.2 Å². The molecule has 0 spiro atoms. The molecule has 1 radical (unpaired) electrons. The van der Waals surface area contributed by atoms with Crippen LogP contribution in [0.25, 0.3) is 0 Å². The number of anilines is 1. The van der Waals surface area contributed by atoms with Gasteiger partial charge in [0.05, 0.1) is 6.04 Å². The molecule has 0 unspecified atom stereocenters. The third-order valence-corrected chi connectivity index (χ3v) is 4.17. The molecule has 3 N–H and O–H groups in total. The lowest BCUT2D eigenvalue weighted by atomic mass is 10.0. The number of thiocarbonyl (C=S) groups is 1. The van der Waals surface area contributed by atoms with Gasteiger partial charge < -0.3 is 20.7 Å². The molecule has 2 aliphatic heterocycles. The lowest BCUT2D eigenvalue weighted by Gasteiger charge is -2.34. The number of hydrogen-bond acceptors (Lipinski definition) is 4. The maximum atomic E-state index is 11.2. The Hall–Kier alpha value is -2.12. The van der Waals surface area contributed by atoms with E-state index in [1.165, 1.54) is 6.92 Å². The summed E-state index contributed by atoms with van der Waals surface area (Å²) in [5.74, 6) is 0.757. The molecule has 6 nitrogen and oxygen atoms in total. The molecule has 1 amide bonds. The van der Waals surface area contributed by atoms with Crippen molar-refractivity contribution in [1.29, 1.82) is 0 Å². The second-order valence-electron chi connectivity index (χ2n) is 5.61. The van der Waals surface area contributed by atoms with Crippen molar-refractivity contribution in [1.82, 2.24) is 10.2 Å². The van der Waals surface area contributed by atoms with E-state index in [1.807, 2.05) is 23.1 Å². The Morgan fingerprint density at radius 3 is 3.13 bits per heavy atom. The second kappa shape index (κ2) is 6.55. The minimum atomic E-state index is -0.0917. The third kappa shape index (κ3) is 3.30. The summed E-state index contributed by atoms with van der Waals surface area (Å²) in [6.45, 7) is 2.59. The zero-order valence-corrected chi connectivity index (χ0v) is 13.7. The van der Waals surface area contributed by atoms with Crippen LogP contribution in [0.5, 0.6) is 5.75 Å². The SMILES string of the molecule is CC(=O)Nc1ccc2c(c1)C[C@@H](N1C(=S)[N]C=C1CCN)CO2. The molecule has 2 heterocycles. The van der Waals surface area contributed by atoms with E-state index in [9.17, 15) is 4.79 Å². The van der Waals surface area contributed by atoms with Gasteiger partial charge in [0.15, 0.2) is 5.11 Å². The smallest absolute Gasteiger partial charge is 0.221 e. The molecule has 0 bridgehead atoms. The maximum Gasteiger partial charge on any atom is 0.221 e. The number of nitrogens with two attached hydrogens (primary N) is 1. The van der Waals surface area contributed by atoms with Crippen molar-refractivity contribution in [2.75, 3.05) is 18.5 Å². The number of rotatable bonds is 4. The van der Waals surface area contributed by atoms with Crippen LogP contribution in [-0.4, -0.2) is 35.1 Å². The lowest BCUT2D eigenvalue weighted by molar-refractivity contribution is -0.114. The molecule has 7 heteroatoms. The van der Waals surface area contributed by atoms with E-state index in [2.05, 4.69) is 10.6 Å². The molecule has 23 heavy (non-hydrogen) atoms. The quantitative estimate of drug-likeness (QED) is 0.814. The molecule has 0 aromatic heterocycles. The third-order valence-electron chi connectivity index (χ3n) is 3.87. The number of benzene rings is 1. The summed E-state index contributed by atoms with van der Waals surface area (Å²) in [5.41, 5.74) is 8.52. The summed E-state index contributed by atoms with van der Waals surface area (Å²) in [6.07, 6.45) is 3.30. The van der Waals surface area contributed by atoms with Gasteiger partial charge in [-0.05, 0) is 42.5 Å². The number of carbonyl (C=O) groups excluding carboxylic acids is 1. The molecular formula is C16H19N4O2S. The van der Waals surface area contributed by atoms with Crippen molar-refractivity contribution in [3.63, 3.8) is 0 Å². The number of hydrogen-bond donors (Lipinski definition) is 2. The molecule has 2 aliphatic rings. The Bertz CT molecular complexity index is 674. The Labute approximate surface area is 140 Å². The van der Waals surface area contributed by atoms with E-state index >= 15 is 0 Å². The summed E-state index contributed by atoms with van der Waals surface area (Å²) < 4.78 is 5.87. The number of nitrogens with zero attached hydrogens (tertiary/aromatic N) is 2. The largest absolute Gasteiger partial charge is 0.491 e. The van der Waals surface area contributed by atoms with Gasteiger partial charge in [-0.25, -0.2) is 5.32 Å². The van der Waals surface area contributed by atoms with Gasteiger partial charge in [0.2, 0.25) is 5.91 Å². The lowest BCUT2D eigenvalue weighted by Crippen LogP contribution is -2.44. The highest BCUT2D eigenvalue weighted by Crippen LogP contribution is 2.31. The fraction of sp³-hybridized carbons (Fsp3) is 0.375. The summed E-state index contributed by atoms with van der Waals surface area (Å²) in [4.78, 5) is 13.3. The van der Waals surface area contributed by atoms with Gasteiger partial charge in [-0.2, -0.15) is 0 Å². The van der Waals surface area contributed by atoms with E-state index in [0.717, 1.165) is 35.5 Å². The van der Waals surface area contributed by atoms with Crippen molar-refractivity contribution < 1.29 is 9.53 Å². The molecule has 0 saturated heterocycles. The zero-order valence-electron chi connectivity index (χ0n) is 12.9. The van der Waals surface area contributed by atoms with Crippen molar-refractivity contribution >= 4 is 28.9 Å². The normalized spacial score (nSPS) is 19.6. The van der Waals surface area contributed by atoms with E-state index in [0.29, 0.717) is 18.3 Å². The Morgan fingerprint density at radius 1 is 1.57 bits per heavy atom. The first-order chi connectivity index (χ1) is 11.1. The first-order valence-electron chi connectivity index (χ1n) is 7.55. The van der Waals surface area contributed by atoms with Crippen LogP contribution < -0.4 is 21.1 Å². The van der Waals surface area contributed by atoms with Crippen LogP contribution in [0.3, 0.4) is 0 Å². The Balaban J connectivity index is 1.80. The summed E-state index contributed by atoms with van der Waals surface area (Å²) in [7, 11) is 0. The number of fused-ring (bicyclic) bond motifs is 1. The predicted octanol–water partition coefficient (Wildman–Crippen LogP) is 1.34. The highest BCUT2D eigenvalue weighted by molar-refractivity contribution is 7.80. The molecule has 0 fully saturated rings. The number of ether oxygens (including phenoxy) is 1. The minimum Gasteiger partial charge on any atom is -0.491 e. The molecule has 121 valence electrons. The van der Waals surface area contributed by atoms with Crippen molar-refractivity contribution in [2.24, 2.45) is 5.73 Å². The molecule has 0 aliphatic carbocycles. The van der Waals surface area contributed by atoms with E-state index in [4.69, 9.17) is 22.7 Å². The molecule has 1 aromatic rings. The number of carbonyl (C=O) groups is 1. The number of nitrogens with one attached hydrogen (secondary N) is 1. The van der Waals surface area contributed by atoms with Gasteiger partial charge in [0, 0.05) is 37.3 Å². The first kappa shape index (κ1) is 15.8. The van der Waals surface area contributed by atoms with Crippen LogP contribution in [0.15, 0.2) is 30.1 Å². The average Bonchev–Trinajstić information content (AvgIpc) is 2.87. The first-order valence-corrected chi connectivity index (χ1v) is 7.96. The standard InChI is InChI=1S/C16H19N4O2S/c1-10(21)19-12-2-3-15-11(6-12)7-14(9-22-15)20-13(4-5-17)8-18-16(20)23/h2-3,6,8,14H,4-5,7,9,17H2,1H3,(H,19,21)/t14-/m1/s1. The van der Waals surface area contributed by atoms with Crippen LogP contribution in [0.2, 0.25) is 0 Å². The van der Waals surface area contributed by atoms with Gasteiger partial charge >= 0.3 is 0 Å². The van der Waals surface area contributed by atoms with E-state index in [-0.39, 0.29) is 11.9 Å². The molecule has 1 atom stereocenters. The highest BCUT2D eigenvalue weighted by Gasteiger charge is 2.32. The predicted molar refractivity (Wildman–Crippen MR) is 92.1 cm³/mol. The van der Waals surface area contributed by atoms with E-state index in [1.54, 1.807) is 6.20 Å². The zero-order chi connectivity index (χ0) is 16.4. The Kier molecular flexibility index (Phi) is 4.49. The average molecular weight is 331 g/mol. The fourth-order valence-electron chi connectivity index (χ4n) is 2.93. The van der Waals surface area contributed by atoms with Gasteiger partial charge in [0.25, 0.3) is 0 Å². The minimum absolute atomic E-state index is 0.0895. The van der Waals surface area contributed by atoms with Crippen LogP contribution >= 0.6 is 12.2 Å². The van der Waals surface area contributed by atoms with Crippen LogP contribution in [0, 0.1) is 0 Å². The molecule has 0 saturated carbocycles. The number of amides is 1. The van der Waals surface area contributed by atoms with Gasteiger partial charge in [-0.1, -0.05) is 0 Å². The van der Waals surface area contributed by atoms with Gasteiger partial charge in [0.1, 0.15) is 12.4 Å². The van der Waals surface area contributed by atoms with Gasteiger partial charge in [-0.3, -0.25) is 4.79 Å². The van der Waals surface area contributed by atoms with Crippen LogP contribution in [0.1, 0.15) is 18.9 Å². The highest BCUT2D eigenvalue weighted by atomic mass is 32.1. The molecule has 3 rings (SSSR count). The monoisotopic (exact) mass is 331 g/mol. The van der Waals surface area contributed by atoms with Crippen molar-refractivity contribution in [2.45, 2.75) is 25.8 Å². The van der Waals surface area contributed by atoms with Crippen LogP contribution in [0.4, 0.5) is 5.69 Å². The molecular weight excluding hydrogens is 312 g/mol. The topological polar surface area (TPSA) is 81.7 Å². The summed E-state index contributed by atoms with van der Waals surface area (Å²) >= 11 is 5.35. The van der Waals surface area contributed by atoms with Crippen molar-refractivity contribution in [3.8, 4) is 5.75 Å². The summed E-state index contributed by atoms with van der Waals surface area (Å²) in [6, 6.07) is 5.77.